The summed E-state index contributed by atoms with van der Waals surface area (Å²) in [6, 6.07) is 2.46. The summed E-state index contributed by atoms with van der Waals surface area (Å²) in [6.45, 7) is 1.83. The summed E-state index contributed by atoms with van der Waals surface area (Å²) in [6.07, 6.45) is 1.26. The molecule has 2 heterocycles. The highest BCUT2D eigenvalue weighted by Gasteiger charge is 2.09. The van der Waals surface area contributed by atoms with Crippen molar-refractivity contribution in [1.29, 1.82) is 0 Å². The lowest BCUT2D eigenvalue weighted by atomic mass is 10.2. The quantitative estimate of drug-likeness (QED) is 0.820. The highest BCUT2D eigenvalue weighted by Crippen LogP contribution is 2.03. The van der Waals surface area contributed by atoms with Crippen LogP contribution in [0, 0.1) is 6.92 Å². The summed E-state index contributed by atoms with van der Waals surface area (Å²) in [5.74, 6) is -1.09. The molecule has 2 aromatic rings. The van der Waals surface area contributed by atoms with Crippen LogP contribution in [0.25, 0.3) is 0 Å². The van der Waals surface area contributed by atoms with E-state index < -0.39 is 5.97 Å². The zero-order valence-corrected chi connectivity index (χ0v) is 8.95. The molecule has 0 atom stereocenters. The zero-order chi connectivity index (χ0) is 12.4. The number of hydrogen-bond acceptors (Lipinski definition) is 5. The van der Waals surface area contributed by atoms with Gasteiger partial charge in [-0.2, -0.15) is 0 Å². The molecule has 2 rings (SSSR count). The summed E-state index contributed by atoms with van der Waals surface area (Å²) < 4.78 is 5.75. The number of rotatable bonds is 3. The first kappa shape index (κ1) is 11.1. The van der Waals surface area contributed by atoms with E-state index in [0.717, 1.165) is 0 Å². The minimum absolute atomic E-state index is 0.0405. The van der Waals surface area contributed by atoms with Gasteiger partial charge < -0.3 is 9.67 Å². The van der Waals surface area contributed by atoms with Gasteiger partial charge in [0.25, 0.3) is 5.56 Å². The molecule has 7 heteroatoms. The topological polar surface area (TPSA) is 98.2 Å². The van der Waals surface area contributed by atoms with Crippen molar-refractivity contribution < 1.29 is 14.5 Å². The van der Waals surface area contributed by atoms with E-state index in [9.17, 15) is 9.59 Å². The lowest BCUT2D eigenvalue weighted by molar-refractivity contribution is 0.0696. The predicted molar refractivity (Wildman–Crippen MR) is 55.8 cm³/mol. The summed E-state index contributed by atoms with van der Waals surface area (Å²) >= 11 is 0. The first-order chi connectivity index (χ1) is 8.08. The number of aromatic nitrogens is 3. The van der Waals surface area contributed by atoms with Crippen molar-refractivity contribution in [2.45, 2.75) is 13.5 Å². The number of carboxylic acids is 1. The van der Waals surface area contributed by atoms with E-state index in [1.807, 2.05) is 0 Å². The number of aryl methyl sites for hydroxylation is 1. The number of nitrogens with zero attached hydrogens (tertiary/aromatic N) is 3. The third kappa shape index (κ3) is 2.22. The van der Waals surface area contributed by atoms with Crippen LogP contribution in [0.3, 0.4) is 0 Å². The summed E-state index contributed by atoms with van der Waals surface area (Å²) in [5.41, 5.74) is 0.795. The van der Waals surface area contributed by atoms with Gasteiger partial charge in [0.1, 0.15) is 11.4 Å². The molecule has 0 radical (unpaired) electrons. The van der Waals surface area contributed by atoms with E-state index >= 15 is 0 Å². The number of carboxylic acid groups (broad SMARTS) is 1. The van der Waals surface area contributed by atoms with Crippen molar-refractivity contribution >= 4 is 5.97 Å². The van der Waals surface area contributed by atoms with Crippen molar-refractivity contribution in [3.05, 3.63) is 45.6 Å². The maximum atomic E-state index is 11.5. The summed E-state index contributed by atoms with van der Waals surface area (Å²) in [4.78, 5) is 22.3. The Balaban J connectivity index is 2.39. The Morgan fingerprint density at radius 1 is 1.47 bits per heavy atom. The summed E-state index contributed by atoms with van der Waals surface area (Å²) in [5, 5.41) is 16.0. The average molecular weight is 235 g/mol. The van der Waals surface area contributed by atoms with Crippen LogP contribution >= 0.6 is 0 Å². The van der Waals surface area contributed by atoms with E-state index in [1.54, 1.807) is 6.92 Å². The van der Waals surface area contributed by atoms with Crippen LogP contribution < -0.4 is 5.56 Å². The maximum Gasteiger partial charge on any atom is 0.337 e. The van der Waals surface area contributed by atoms with Crippen molar-refractivity contribution in [1.82, 2.24) is 14.9 Å². The molecule has 0 fully saturated rings. The van der Waals surface area contributed by atoms with E-state index in [-0.39, 0.29) is 17.7 Å². The molecule has 7 nitrogen and oxygen atoms in total. The Bertz CT molecular complexity index is 614. The average Bonchev–Trinajstić information content (AvgIpc) is 2.67. The Kier molecular flexibility index (Phi) is 2.73. The number of aromatic carboxylic acids is 1. The van der Waals surface area contributed by atoms with Gasteiger partial charge in [-0.25, -0.2) is 9.42 Å². The fraction of sp³-hybridized carbons (Fsp3) is 0.200. The minimum Gasteiger partial charge on any atom is -0.478 e. The van der Waals surface area contributed by atoms with Crippen LogP contribution in [0.4, 0.5) is 0 Å². The van der Waals surface area contributed by atoms with E-state index in [0.29, 0.717) is 11.4 Å². The molecule has 0 saturated heterocycles. The first-order valence-corrected chi connectivity index (χ1v) is 4.80. The Morgan fingerprint density at radius 3 is 2.82 bits per heavy atom. The van der Waals surface area contributed by atoms with Crippen molar-refractivity contribution in [2.75, 3.05) is 0 Å². The van der Waals surface area contributed by atoms with Gasteiger partial charge in [0.05, 0.1) is 12.1 Å². The predicted octanol–water partition coefficient (Wildman–Crippen LogP) is 0.286. The van der Waals surface area contributed by atoms with Crippen LogP contribution in [0.2, 0.25) is 0 Å². The van der Waals surface area contributed by atoms with Crippen LogP contribution in [0.1, 0.15) is 21.7 Å². The Labute approximate surface area is 95.3 Å². The molecule has 0 amide bonds. The molecule has 0 aromatic carbocycles. The normalized spacial score (nSPS) is 10.4. The van der Waals surface area contributed by atoms with Crippen molar-refractivity contribution in [2.24, 2.45) is 0 Å². The molecular formula is C10H9N3O4. The lowest BCUT2D eigenvalue weighted by Crippen LogP contribution is -2.21. The van der Waals surface area contributed by atoms with Gasteiger partial charge in [-0.15, -0.1) is 0 Å². The molecule has 2 aromatic heterocycles. The van der Waals surface area contributed by atoms with Crippen LogP contribution in [0.5, 0.6) is 0 Å². The summed E-state index contributed by atoms with van der Waals surface area (Å²) in [7, 11) is 0. The molecule has 88 valence electrons. The second-order valence-electron chi connectivity index (χ2n) is 3.49. The smallest absolute Gasteiger partial charge is 0.337 e. The van der Waals surface area contributed by atoms with Crippen LogP contribution in [-0.4, -0.2) is 26.0 Å². The van der Waals surface area contributed by atoms with Gasteiger partial charge in [-0.3, -0.25) is 4.79 Å². The molecule has 17 heavy (non-hydrogen) atoms. The van der Waals surface area contributed by atoms with Gasteiger partial charge in [-0.1, -0.05) is 10.3 Å². The molecule has 0 bridgehead atoms. The lowest BCUT2D eigenvalue weighted by Gasteiger charge is -2.03. The van der Waals surface area contributed by atoms with Gasteiger partial charge in [0.15, 0.2) is 0 Å². The van der Waals surface area contributed by atoms with Gasteiger partial charge in [0.2, 0.25) is 0 Å². The number of hydrogen-bond donors (Lipinski definition) is 1. The van der Waals surface area contributed by atoms with E-state index in [2.05, 4.69) is 14.9 Å². The molecule has 0 saturated carbocycles. The SMILES string of the molecule is Cc1nonc1Cn1cc(C(=O)O)ccc1=O. The second-order valence-corrected chi connectivity index (χ2v) is 3.49. The molecule has 0 spiro atoms. The van der Waals surface area contributed by atoms with E-state index in [4.69, 9.17) is 5.11 Å². The van der Waals surface area contributed by atoms with Gasteiger partial charge in [-0.05, 0) is 13.0 Å². The third-order valence-corrected chi connectivity index (χ3v) is 2.30. The van der Waals surface area contributed by atoms with Gasteiger partial charge >= 0.3 is 5.97 Å². The monoisotopic (exact) mass is 235 g/mol. The minimum atomic E-state index is -1.09. The standard InChI is InChI=1S/C10H9N3O4/c1-6-8(12-17-11-6)5-13-4-7(10(15)16)2-3-9(13)14/h2-4H,5H2,1H3,(H,15,16). The Morgan fingerprint density at radius 2 is 2.24 bits per heavy atom. The highest BCUT2D eigenvalue weighted by molar-refractivity contribution is 5.87. The number of carbonyl (C=O) groups is 1. The molecule has 1 N–H and O–H groups in total. The number of pyridine rings is 1. The fourth-order valence-corrected chi connectivity index (χ4v) is 1.34. The largest absolute Gasteiger partial charge is 0.478 e. The third-order valence-electron chi connectivity index (χ3n) is 2.30. The first-order valence-electron chi connectivity index (χ1n) is 4.80. The molecule has 0 aliphatic heterocycles. The fourth-order valence-electron chi connectivity index (χ4n) is 1.34. The van der Waals surface area contributed by atoms with Crippen LogP contribution in [0.15, 0.2) is 27.8 Å². The molecule has 0 aliphatic rings. The van der Waals surface area contributed by atoms with Crippen LogP contribution in [-0.2, 0) is 6.54 Å². The molecular weight excluding hydrogens is 226 g/mol. The Hall–Kier alpha value is -2.44. The second kappa shape index (κ2) is 4.20. The molecule has 0 unspecified atom stereocenters. The van der Waals surface area contributed by atoms with Gasteiger partial charge in [0, 0.05) is 12.3 Å². The molecule has 0 aliphatic carbocycles. The van der Waals surface area contributed by atoms with E-state index in [1.165, 1.54) is 22.9 Å². The maximum absolute atomic E-state index is 11.5. The van der Waals surface area contributed by atoms with Crippen molar-refractivity contribution in [3.63, 3.8) is 0 Å². The van der Waals surface area contributed by atoms with Crippen molar-refractivity contribution in [3.8, 4) is 0 Å². The highest BCUT2D eigenvalue weighted by atomic mass is 16.6. The zero-order valence-electron chi connectivity index (χ0n) is 8.95.